The van der Waals surface area contributed by atoms with Crippen molar-refractivity contribution in [2.45, 2.75) is 40.3 Å². The molecule has 2 aromatic heterocycles. The summed E-state index contributed by atoms with van der Waals surface area (Å²) in [4.78, 5) is 9.51. The van der Waals surface area contributed by atoms with Gasteiger partial charge in [-0.3, -0.25) is 4.68 Å². The van der Waals surface area contributed by atoms with E-state index in [0.717, 1.165) is 65.7 Å². The fourth-order valence-electron chi connectivity index (χ4n) is 4.49. The second-order valence-corrected chi connectivity index (χ2v) is 9.70. The Balaban J connectivity index is 1.50. The highest BCUT2D eigenvalue weighted by Gasteiger charge is 2.15. The zero-order valence-electron chi connectivity index (χ0n) is 21.3. The first-order valence-corrected chi connectivity index (χ1v) is 12.4. The number of ether oxygens (including phenoxy) is 1. The Hall–Kier alpha value is -3.91. The number of aryl methyl sites for hydroxylation is 1. The second kappa shape index (κ2) is 10.4. The quantitative estimate of drug-likeness (QED) is 0.307. The Morgan fingerprint density at radius 1 is 1.06 bits per heavy atom. The summed E-state index contributed by atoms with van der Waals surface area (Å²) in [5, 5.41) is 14.9. The van der Waals surface area contributed by atoms with E-state index in [1.165, 1.54) is 11.1 Å². The molecule has 36 heavy (non-hydrogen) atoms. The number of hydrogen-bond acceptors (Lipinski definition) is 7. The molecule has 3 N–H and O–H groups in total. The van der Waals surface area contributed by atoms with Gasteiger partial charge >= 0.3 is 0 Å². The molecular formula is C28H33N7O. The molecule has 186 valence electrons. The van der Waals surface area contributed by atoms with Gasteiger partial charge in [-0.2, -0.15) is 10.1 Å². The molecule has 5 rings (SSSR count). The minimum Gasteiger partial charge on any atom is -0.497 e. The van der Waals surface area contributed by atoms with E-state index in [9.17, 15) is 0 Å². The van der Waals surface area contributed by atoms with Gasteiger partial charge in [0.25, 0.3) is 0 Å². The number of aromatic nitrogens is 4. The van der Waals surface area contributed by atoms with E-state index >= 15 is 0 Å². The van der Waals surface area contributed by atoms with E-state index in [-0.39, 0.29) is 0 Å². The van der Waals surface area contributed by atoms with Gasteiger partial charge in [0.15, 0.2) is 0 Å². The molecular weight excluding hydrogens is 450 g/mol. The maximum Gasteiger partial charge on any atom is 0.229 e. The molecule has 3 heterocycles. The number of methoxy groups -OCH3 is 1. The minimum atomic E-state index is 0.503. The number of benzene rings is 2. The van der Waals surface area contributed by atoms with Crippen molar-refractivity contribution in [1.29, 1.82) is 0 Å². The largest absolute Gasteiger partial charge is 0.497 e. The maximum atomic E-state index is 5.42. The molecule has 0 aliphatic carbocycles. The summed E-state index contributed by atoms with van der Waals surface area (Å²) in [6.45, 7) is 9.16. The van der Waals surface area contributed by atoms with Crippen molar-refractivity contribution in [1.82, 2.24) is 25.1 Å². The van der Waals surface area contributed by atoms with Gasteiger partial charge in [0.05, 0.1) is 13.3 Å². The van der Waals surface area contributed by atoms with Gasteiger partial charge in [0.2, 0.25) is 5.95 Å². The fourth-order valence-corrected chi connectivity index (χ4v) is 4.49. The van der Waals surface area contributed by atoms with E-state index in [4.69, 9.17) is 9.72 Å². The van der Waals surface area contributed by atoms with Crippen LogP contribution < -0.4 is 20.7 Å². The molecule has 2 aromatic carbocycles. The average molecular weight is 484 g/mol. The van der Waals surface area contributed by atoms with E-state index in [0.29, 0.717) is 11.9 Å². The molecule has 0 amide bonds. The Labute approximate surface area is 212 Å². The van der Waals surface area contributed by atoms with Gasteiger partial charge in [-0.1, -0.05) is 19.9 Å². The van der Waals surface area contributed by atoms with Crippen LogP contribution in [0.25, 0.3) is 11.1 Å². The van der Waals surface area contributed by atoms with Crippen LogP contribution in [0.1, 0.15) is 30.5 Å². The van der Waals surface area contributed by atoms with Gasteiger partial charge in [-0.25, -0.2) is 4.98 Å². The van der Waals surface area contributed by atoms with E-state index in [1.807, 2.05) is 42.2 Å². The van der Waals surface area contributed by atoms with Crippen LogP contribution in [0, 0.1) is 12.8 Å². The van der Waals surface area contributed by atoms with Crippen molar-refractivity contribution in [2.24, 2.45) is 5.92 Å². The Bertz CT molecular complexity index is 1360. The van der Waals surface area contributed by atoms with E-state index in [1.54, 1.807) is 7.11 Å². The predicted octanol–water partition coefficient (Wildman–Crippen LogP) is 5.45. The van der Waals surface area contributed by atoms with E-state index < -0.39 is 0 Å². The lowest BCUT2D eigenvalue weighted by Crippen LogP contribution is -2.23. The summed E-state index contributed by atoms with van der Waals surface area (Å²) in [7, 11) is 1.67. The van der Waals surface area contributed by atoms with Crippen LogP contribution in [0.2, 0.25) is 0 Å². The van der Waals surface area contributed by atoms with Crippen molar-refractivity contribution in [3.63, 3.8) is 0 Å². The smallest absolute Gasteiger partial charge is 0.229 e. The number of hydrogen-bond donors (Lipinski definition) is 3. The standard InChI is InChI=1S/C28H33N7O/c1-18(2)16-35-17-22(14-31-35)26-15-30-28(33-24-9-19(3)10-25(12-24)36-4)34-27(26)32-23-6-5-20-7-8-29-13-21(20)11-23/h5-6,9-12,14-15,17-18,29H,7-8,13,16H2,1-4H3,(H2,30,32,33,34). The van der Waals surface area contributed by atoms with Crippen molar-refractivity contribution in [3.8, 4) is 16.9 Å². The number of rotatable bonds is 8. The molecule has 8 nitrogen and oxygen atoms in total. The third-order valence-electron chi connectivity index (χ3n) is 6.18. The first-order valence-electron chi connectivity index (χ1n) is 12.4. The second-order valence-electron chi connectivity index (χ2n) is 9.70. The lowest BCUT2D eigenvalue weighted by atomic mass is 10.0. The molecule has 0 saturated heterocycles. The molecule has 0 unspecified atom stereocenters. The van der Waals surface area contributed by atoms with Crippen LogP contribution in [-0.2, 0) is 19.5 Å². The first kappa shape index (κ1) is 23.8. The van der Waals surface area contributed by atoms with Gasteiger partial charge in [-0.15, -0.1) is 0 Å². The van der Waals surface area contributed by atoms with E-state index in [2.05, 4.69) is 64.3 Å². The van der Waals surface area contributed by atoms with Crippen LogP contribution in [0.5, 0.6) is 5.75 Å². The highest BCUT2D eigenvalue weighted by molar-refractivity contribution is 5.78. The van der Waals surface area contributed by atoms with Gasteiger partial charge < -0.3 is 20.7 Å². The first-order chi connectivity index (χ1) is 17.5. The zero-order chi connectivity index (χ0) is 25.1. The van der Waals surface area contributed by atoms with Crippen molar-refractivity contribution in [3.05, 3.63) is 71.7 Å². The molecule has 0 fully saturated rings. The Morgan fingerprint density at radius 3 is 2.78 bits per heavy atom. The summed E-state index contributed by atoms with van der Waals surface area (Å²) in [6.07, 6.45) is 6.83. The zero-order valence-corrected chi connectivity index (χ0v) is 21.3. The number of nitrogens with zero attached hydrogens (tertiary/aromatic N) is 4. The highest BCUT2D eigenvalue weighted by atomic mass is 16.5. The Morgan fingerprint density at radius 2 is 1.94 bits per heavy atom. The van der Waals surface area contributed by atoms with Crippen LogP contribution in [-0.4, -0.2) is 33.4 Å². The lowest BCUT2D eigenvalue weighted by molar-refractivity contribution is 0.414. The van der Waals surface area contributed by atoms with Crippen LogP contribution in [0.15, 0.2) is 55.0 Å². The lowest BCUT2D eigenvalue weighted by Gasteiger charge is -2.19. The monoisotopic (exact) mass is 483 g/mol. The van der Waals surface area contributed by atoms with Gasteiger partial charge in [0.1, 0.15) is 11.6 Å². The number of nitrogens with one attached hydrogen (secondary N) is 3. The third-order valence-corrected chi connectivity index (χ3v) is 6.18. The van der Waals surface area contributed by atoms with Gasteiger partial charge in [-0.05, 0) is 66.8 Å². The normalized spacial score (nSPS) is 12.9. The van der Waals surface area contributed by atoms with Crippen molar-refractivity contribution >= 4 is 23.1 Å². The summed E-state index contributed by atoms with van der Waals surface area (Å²) in [5.74, 6) is 2.52. The molecule has 0 bridgehead atoms. The number of fused-ring (bicyclic) bond motifs is 1. The van der Waals surface area contributed by atoms with Crippen molar-refractivity contribution < 1.29 is 4.74 Å². The number of anilines is 4. The van der Waals surface area contributed by atoms with Gasteiger partial charge in [0, 0.05) is 54.1 Å². The highest BCUT2D eigenvalue weighted by Crippen LogP contribution is 2.31. The molecule has 1 aliphatic heterocycles. The molecule has 0 saturated carbocycles. The summed E-state index contributed by atoms with van der Waals surface area (Å²) in [5.41, 5.74) is 7.54. The maximum absolute atomic E-state index is 5.42. The minimum absolute atomic E-state index is 0.503. The molecule has 0 spiro atoms. The summed E-state index contributed by atoms with van der Waals surface area (Å²) < 4.78 is 7.39. The van der Waals surface area contributed by atoms with Crippen LogP contribution in [0.3, 0.4) is 0 Å². The molecule has 0 radical (unpaired) electrons. The molecule has 4 aromatic rings. The van der Waals surface area contributed by atoms with Crippen LogP contribution >= 0.6 is 0 Å². The molecule has 8 heteroatoms. The predicted molar refractivity (Wildman–Crippen MR) is 144 cm³/mol. The molecule has 1 aliphatic rings. The summed E-state index contributed by atoms with van der Waals surface area (Å²) in [6, 6.07) is 12.5. The Kier molecular flexibility index (Phi) is 6.86. The third kappa shape index (κ3) is 5.49. The SMILES string of the molecule is COc1cc(C)cc(Nc2ncc(-c3cnn(CC(C)C)c3)c(Nc3ccc4c(c3)CNCC4)n2)c1. The topological polar surface area (TPSA) is 88.9 Å². The summed E-state index contributed by atoms with van der Waals surface area (Å²) >= 11 is 0. The van der Waals surface area contributed by atoms with Crippen molar-refractivity contribution in [2.75, 3.05) is 24.3 Å². The van der Waals surface area contributed by atoms with Crippen LogP contribution in [0.4, 0.5) is 23.1 Å². The average Bonchev–Trinajstić information content (AvgIpc) is 3.31. The fraction of sp³-hybridized carbons (Fsp3) is 0.321. The molecule has 0 atom stereocenters.